The van der Waals surface area contributed by atoms with Crippen molar-refractivity contribution in [2.75, 3.05) is 0 Å². The maximum atomic E-state index is 4.05. The zero-order chi connectivity index (χ0) is 6.97. The first-order valence-corrected chi connectivity index (χ1v) is 3.19. The summed E-state index contributed by atoms with van der Waals surface area (Å²) >= 11 is 0. The van der Waals surface area contributed by atoms with Crippen LogP contribution in [0.4, 0.5) is 0 Å². The third-order valence-corrected chi connectivity index (χ3v) is 1.60. The van der Waals surface area contributed by atoms with Crippen molar-refractivity contribution >= 4 is 10.9 Å². The van der Waals surface area contributed by atoms with Gasteiger partial charge in [0.05, 0.1) is 0 Å². The fraction of sp³-hybridized carbons (Fsp3) is 0.125. The van der Waals surface area contributed by atoms with Crippen LogP contribution in [-0.2, 0) is 32.7 Å². The number of benzene rings is 1. The van der Waals surface area contributed by atoms with E-state index in [2.05, 4.69) is 16.3 Å². The van der Waals surface area contributed by atoms with Crippen LogP contribution in [0.25, 0.3) is 10.9 Å². The first-order chi connectivity index (χ1) is 4.88. The van der Waals surface area contributed by atoms with Crippen LogP contribution >= 0.6 is 0 Å². The molecule has 0 atom stereocenters. The van der Waals surface area contributed by atoms with Gasteiger partial charge in [-0.1, -0.05) is 5.39 Å². The van der Waals surface area contributed by atoms with E-state index in [1.165, 1.54) is 0 Å². The Bertz CT molecular complexity index is 354. The molecule has 0 aliphatic heterocycles. The third-order valence-electron chi connectivity index (χ3n) is 1.60. The number of aromatic nitrogens is 2. The maximum absolute atomic E-state index is 4.05. The smallest absolute Gasteiger partial charge is 0.0119 e. The van der Waals surface area contributed by atoms with Crippen molar-refractivity contribution in [3.63, 3.8) is 0 Å². The molecule has 2 nitrogen and oxygen atoms in total. The average molecular weight is 220 g/mol. The minimum absolute atomic E-state index is 0. The van der Waals surface area contributed by atoms with Gasteiger partial charge >= 0.3 is 0 Å². The van der Waals surface area contributed by atoms with Crippen molar-refractivity contribution in [1.82, 2.24) is 10.2 Å². The summed E-state index contributed by atoms with van der Waals surface area (Å²) in [4.78, 5) is 0. The fourth-order valence-corrected chi connectivity index (χ4v) is 1.03. The van der Waals surface area contributed by atoms with E-state index in [1.807, 2.05) is 25.1 Å². The van der Waals surface area contributed by atoms with Crippen molar-refractivity contribution in [3.05, 3.63) is 30.0 Å². The van der Waals surface area contributed by atoms with E-state index in [0.29, 0.717) is 0 Å². The van der Waals surface area contributed by atoms with Crippen LogP contribution in [0.15, 0.2) is 18.2 Å². The van der Waals surface area contributed by atoms with Gasteiger partial charge in [-0.25, -0.2) is 0 Å². The summed E-state index contributed by atoms with van der Waals surface area (Å²) in [7, 11) is 0. The first-order valence-electron chi connectivity index (χ1n) is 3.19. The molecule has 53 valence electrons. The van der Waals surface area contributed by atoms with Crippen LogP contribution in [0.1, 0.15) is 5.69 Å². The molecule has 0 spiro atoms. The van der Waals surface area contributed by atoms with Gasteiger partial charge in [0, 0.05) is 38.4 Å². The number of rotatable bonds is 0. The van der Waals surface area contributed by atoms with Gasteiger partial charge in [-0.2, -0.15) is 23.3 Å². The number of fused-ring (bicyclic) bond motifs is 1. The number of aryl methyl sites for hydroxylation is 1. The Hall–Kier alpha value is -0.206. The van der Waals surface area contributed by atoms with Crippen molar-refractivity contribution in [3.8, 4) is 0 Å². The topological polar surface area (TPSA) is 28.7 Å². The van der Waals surface area contributed by atoms with Gasteiger partial charge in [0.2, 0.25) is 0 Å². The summed E-state index contributed by atoms with van der Waals surface area (Å²) in [5.74, 6) is 0. The van der Waals surface area contributed by atoms with Crippen molar-refractivity contribution < 1.29 is 32.7 Å². The molecular formula is C8H7N2Y-. The Morgan fingerprint density at radius 3 is 3.09 bits per heavy atom. The molecule has 11 heavy (non-hydrogen) atoms. The van der Waals surface area contributed by atoms with Crippen molar-refractivity contribution in [2.24, 2.45) is 0 Å². The summed E-state index contributed by atoms with van der Waals surface area (Å²) in [5, 5.41) is 8.12. The summed E-state index contributed by atoms with van der Waals surface area (Å²) < 4.78 is 0. The molecular weight excluding hydrogens is 213 g/mol. The molecule has 0 fully saturated rings. The molecule has 0 amide bonds. The maximum Gasteiger partial charge on any atom is 0.0119 e. The van der Waals surface area contributed by atoms with Gasteiger partial charge in [-0.3, -0.25) is 0 Å². The van der Waals surface area contributed by atoms with Gasteiger partial charge in [0.15, 0.2) is 0 Å². The van der Waals surface area contributed by atoms with Crippen molar-refractivity contribution in [1.29, 1.82) is 0 Å². The van der Waals surface area contributed by atoms with E-state index in [4.69, 9.17) is 0 Å². The molecule has 3 heteroatoms. The zero-order valence-corrected chi connectivity index (χ0v) is 9.09. The number of nitrogens with zero attached hydrogens (tertiary/aromatic N) is 1. The van der Waals surface area contributed by atoms with Crippen LogP contribution < -0.4 is 0 Å². The molecule has 1 aromatic heterocycles. The zero-order valence-electron chi connectivity index (χ0n) is 6.26. The first kappa shape index (κ1) is 8.89. The van der Waals surface area contributed by atoms with Crippen LogP contribution in [0.3, 0.4) is 0 Å². The van der Waals surface area contributed by atoms with Gasteiger partial charge in [-0.05, 0) is 12.4 Å². The largest absolute Gasteiger partial charge is 0.303 e. The van der Waals surface area contributed by atoms with E-state index < -0.39 is 0 Å². The number of nitrogens with one attached hydrogen (secondary N) is 1. The Balaban J connectivity index is 0.000000605. The van der Waals surface area contributed by atoms with E-state index >= 15 is 0 Å². The second-order valence-electron chi connectivity index (χ2n) is 2.28. The second-order valence-corrected chi connectivity index (χ2v) is 2.28. The predicted molar refractivity (Wildman–Crippen MR) is 39.7 cm³/mol. The quantitative estimate of drug-likeness (QED) is 0.672. The van der Waals surface area contributed by atoms with Crippen molar-refractivity contribution in [2.45, 2.75) is 6.92 Å². The van der Waals surface area contributed by atoms with Gasteiger partial charge in [-0.15, -0.1) is 6.07 Å². The molecule has 0 bridgehead atoms. The molecule has 1 heterocycles. The van der Waals surface area contributed by atoms with Crippen LogP contribution in [0, 0.1) is 13.0 Å². The number of hydrogen-bond acceptors (Lipinski definition) is 1. The monoisotopic (exact) mass is 220 g/mol. The van der Waals surface area contributed by atoms with Gasteiger partial charge < -0.3 is 5.10 Å². The second kappa shape index (κ2) is 3.46. The van der Waals surface area contributed by atoms with Gasteiger partial charge in [0.1, 0.15) is 0 Å². The van der Waals surface area contributed by atoms with E-state index in [1.54, 1.807) is 0 Å². The van der Waals surface area contributed by atoms with E-state index in [0.717, 1.165) is 16.6 Å². The average Bonchev–Trinajstić information content (AvgIpc) is 2.34. The van der Waals surface area contributed by atoms with E-state index in [9.17, 15) is 0 Å². The Kier molecular flexibility index (Phi) is 2.80. The number of aromatic amines is 1. The van der Waals surface area contributed by atoms with Crippen LogP contribution in [0.2, 0.25) is 0 Å². The molecule has 0 aliphatic carbocycles. The third kappa shape index (κ3) is 1.52. The number of H-pyrrole nitrogens is 1. The normalized spacial score (nSPS) is 9.55. The molecule has 0 unspecified atom stereocenters. The minimum Gasteiger partial charge on any atom is -0.303 e. The molecule has 0 saturated carbocycles. The molecule has 2 rings (SSSR count). The molecule has 0 aliphatic rings. The summed E-state index contributed by atoms with van der Waals surface area (Å²) in [6, 6.07) is 8.78. The predicted octanol–water partition coefficient (Wildman–Crippen LogP) is 1.67. The molecule has 1 N–H and O–H groups in total. The molecule has 1 radical (unpaired) electrons. The number of hydrogen-bond donors (Lipinski definition) is 1. The Labute approximate surface area is 90.3 Å². The molecule has 1 aromatic carbocycles. The summed E-state index contributed by atoms with van der Waals surface area (Å²) in [6.07, 6.45) is 0. The van der Waals surface area contributed by atoms with Crippen LogP contribution in [-0.4, -0.2) is 10.2 Å². The summed E-state index contributed by atoms with van der Waals surface area (Å²) in [5.41, 5.74) is 2.11. The Morgan fingerprint density at radius 1 is 1.55 bits per heavy atom. The van der Waals surface area contributed by atoms with Gasteiger partial charge in [0.25, 0.3) is 0 Å². The molecule has 2 aromatic rings. The summed E-state index contributed by atoms with van der Waals surface area (Å²) in [6.45, 7) is 1.98. The standard InChI is InChI=1S/C8H7N2.Y/c1-6-7-4-2-3-5-8(7)10-9-6;/h3-5H,1H3,(H,9,10);/q-1;. The van der Waals surface area contributed by atoms with E-state index in [-0.39, 0.29) is 32.7 Å². The Morgan fingerprint density at radius 2 is 2.36 bits per heavy atom. The van der Waals surface area contributed by atoms with Crippen LogP contribution in [0.5, 0.6) is 0 Å². The SMILES string of the molecule is Cc1n[nH]c2cc[c-]cc12.[Y]. The minimum atomic E-state index is 0. The fourth-order valence-electron chi connectivity index (χ4n) is 1.03. The molecule has 0 saturated heterocycles.